The lowest BCUT2D eigenvalue weighted by Gasteiger charge is -2.12. The van der Waals surface area contributed by atoms with E-state index in [0.29, 0.717) is 6.54 Å². The molecular weight excluding hydrogens is 334 g/mol. The van der Waals surface area contributed by atoms with Gasteiger partial charge in [0.1, 0.15) is 0 Å². The minimum atomic E-state index is -0.111. The second-order valence-corrected chi connectivity index (χ2v) is 6.75. The third-order valence-corrected chi connectivity index (χ3v) is 4.45. The van der Waals surface area contributed by atoms with Crippen molar-refractivity contribution < 1.29 is 4.79 Å². The van der Waals surface area contributed by atoms with Gasteiger partial charge >= 0.3 is 0 Å². The van der Waals surface area contributed by atoms with Gasteiger partial charge in [-0.2, -0.15) is 0 Å². The van der Waals surface area contributed by atoms with Crippen molar-refractivity contribution in [1.29, 1.82) is 0 Å². The summed E-state index contributed by atoms with van der Waals surface area (Å²) < 4.78 is 1.04. The van der Waals surface area contributed by atoms with Crippen molar-refractivity contribution in [2.45, 2.75) is 23.6 Å². The maximum absolute atomic E-state index is 12.0. The summed E-state index contributed by atoms with van der Waals surface area (Å²) in [4.78, 5) is 13.1. The highest BCUT2D eigenvalue weighted by Gasteiger charge is 2.13. The SMILES string of the molecule is CC(Sc1ccc(Br)cc1)C(=O)NCc1ccccc1. The highest BCUT2D eigenvalue weighted by atomic mass is 79.9. The molecule has 4 heteroatoms. The number of hydrogen-bond donors (Lipinski definition) is 1. The Kier molecular flexibility index (Phi) is 5.68. The van der Waals surface area contributed by atoms with E-state index in [4.69, 9.17) is 0 Å². The molecule has 0 saturated carbocycles. The van der Waals surface area contributed by atoms with E-state index >= 15 is 0 Å². The lowest BCUT2D eigenvalue weighted by Crippen LogP contribution is -2.30. The number of thioether (sulfide) groups is 1. The van der Waals surface area contributed by atoms with Crippen molar-refractivity contribution in [3.05, 3.63) is 64.6 Å². The van der Waals surface area contributed by atoms with Crippen LogP contribution in [0.5, 0.6) is 0 Å². The summed E-state index contributed by atoms with van der Waals surface area (Å²) in [7, 11) is 0. The van der Waals surface area contributed by atoms with E-state index in [1.807, 2.05) is 61.5 Å². The van der Waals surface area contributed by atoms with E-state index in [1.54, 1.807) is 11.8 Å². The molecule has 0 aliphatic heterocycles. The number of amides is 1. The monoisotopic (exact) mass is 349 g/mol. The van der Waals surface area contributed by atoms with Gasteiger partial charge in [-0.3, -0.25) is 4.79 Å². The van der Waals surface area contributed by atoms with E-state index < -0.39 is 0 Å². The Morgan fingerprint density at radius 3 is 2.45 bits per heavy atom. The van der Waals surface area contributed by atoms with E-state index in [-0.39, 0.29) is 11.2 Å². The Bertz CT molecular complexity index is 556. The first-order valence-corrected chi connectivity index (χ1v) is 8.06. The number of carbonyl (C=O) groups is 1. The van der Waals surface area contributed by atoms with Crippen LogP contribution in [-0.2, 0) is 11.3 Å². The number of nitrogens with one attached hydrogen (secondary N) is 1. The fraction of sp³-hybridized carbons (Fsp3) is 0.188. The molecule has 1 unspecified atom stereocenters. The average molecular weight is 350 g/mol. The molecule has 20 heavy (non-hydrogen) atoms. The standard InChI is InChI=1S/C16H16BrNOS/c1-12(20-15-9-7-14(17)8-10-15)16(19)18-11-13-5-3-2-4-6-13/h2-10,12H,11H2,1H3,(H,18,19). The summed E-state index contributed by atoms with van der Waals surface area (Å²) in [6.45, 7) is 2.50. The zero-order valence-corrected chi connectivity index (χ0v) is 13.6. The van der Waals surface area contributed by atoms with Gasteiger partial charge in [-0.15, -0.1) is 11.8 Å². The summed E-state index contributed by atoms with van der Waals surface area (Å²) in [6.07, 6.45) is 0. The maximum atomic E-state index is 12.0. The molecule has 0 aromatic heterocycles. The summed E-state index contributed by atoms with van der Waals surface area (Å²) in [6, 6.07) is 17.9. The molecular formula is C16H16BrNOS. The highest BCUT2D eigenvalue weighted by Crippen LogP contribution is 2.24. The van der Waals surface area contributed by atoms with Crippen LogP contribution in [0.2, 0.25) is 0 Å². The van der Waals surface area contributed by atoms with Crippen LogP contribution in [-0.4, -0.2) is 11.2 Å². The third-order valence-electron chi connectivity index (χ3n) is 2.81. The molecule has 0 fully saturated rings. The van der Waals surface area contributed by atoms with Crippen LogP contribution >= 0.6 is 27.7 Å². The normalized spacial score (nSPS) is 11.9. The van der Waals surface area contributed by atoms with Crippen molar-refractivity contribution in [3.63, 3.8) is 0 Å². The van der Waals surface area contributed by atoms with Crippen molar-refractivity contribution in [3.8, 4) is 0 Å². The van der Waals surface area contributed by atoms with E-state index in [2.05, 4.69) is 21.2 Å². The second kappa shape index (κ2) is 7.50. The maximum Gasteiger partial charge on any atom is 0.233 e. The molecule has 1 N–H and O–H groups in total. The van der Waals surface area contributed by atoms with Gasteiger partial charge in [-0.1, -0.05) is 46.3 Å². The molecule has 104 valence electrons. The van der Waals surface area contributed by atoms with Crippen LogP contribution in [0, 0.1) is 0 Å². The lowest BCUT2D eigenvalue weighted by molar-refractivity contribution is -0.120. The van der Waals surface area contributed by atoms with Crippen molar-refractivity contribution >= 4 is 33.6 Å². The molecule has 2 rings (SSSR count). The van der Waals surface area contributed by atoms with Crippen molar-refractivity contribution in [2.75, 3.05) is 0 Å². The molecule has 0 bridgehead atoms. The molecule has 0 heterocycles. The second-order valence-electron chi connectivity index (χ2n) is 4.42. The third kappa shape index (κ3) is 4.69. The summed E-state index contributed by atoms with van der Waals surface area (Å²) >= 11 is 4.97. The predicted octanol–water partition coefficient (Wildman–Crippen LogP) is 4.25. The average Bonchev–Trinajstić information content (AvgIpc) is 2.48. The van der Waals surface area contributed by atoms with Crippen LogP contribution in [0.15, 0.2) is 64.0 Å². The first-order chi connectivity index (χ1) is 9.65. The van der Waals surface area contributed by atoms with Crippen LogP contribution in [0.3, 0.4) is 0 Å². The summed E-state index contributed by atoms with van der Waals surface area (Å²) in [5.74, 6) is 0.0572. The Morgan fingerprint density at radius 2 is 1.80 bits per heavy atom. The predicted molar refractivity (Wildman–Crippen MR) is 87.7 cm³/mol. The minimum Gasteiger partial charge on any atom is -0.351 e. The van der Waals surface area contributed by atoms with Gasteiger partial charge in [0.25, 0.3) is 0 Å². The Morgan fingerprint density at radius 1 is 1.15 bits per heavy atom. The molecule has 0 aliphatic carbocycles. The number of benzene rings is 2. The van der Waals surface area contributed by atoms with E-state index in [0.717, 1.165) is 14.9 Å². The number of hydrogen-bond acceptors (Lipinski definition) is 2. The van der Waals surface area contributed by atoms with Crippen LogP contribution in [0.25, 0.3) is 0 Å². The van der Waals surface area contributed by atoms with E-state index in [1.165, 1.54) is 0 Å². The molecule has 0 aliphatic rings. The highest BCUT2D eigenvalue weighted by molar-refractivity contribution is 9.10. The van der Waals surface area contributed by atoms with Gasteiger partial charge in [0.2, 0.25) is 5.91 Å². The van der Waals surface area contributed by atoms with Gasteiger partial charge in [0.05, 0.1) is 5.25 Å². The molecule has 0 saturated heterocycles. The van der Waals surface area contributed by atoms with Gasteiger partial charge in [0.15, 0.2) is 0 Å². The summed E-state index contributed by atoms with van der Waals surface area (Å²) in [5.41, 5.74) is 1.11. The van der Waals surface area contributed by atoms with Crippen LogP contribution in [0.4, 0.5) is 0 Å². The van der Waals surface area contributed by atoms with Crippen molar-refractivity contribution in [2.24, 2.45) is 0 Å². The van der Waals surface area contributed by atoms with Crippen LogP contribution in [0.1, 0.15) is 12.5 Å². The first kappa shape index (κ1) is 15.1. The smallest absolute Gasteiger partial charge is 0.233 e. The number of halogens is 1. The Hall–Kier alpha value is -1.26. The zero-order chi connectivity index (χ0) is 14.4. The van der Waals surface area contributed by atoms with E-state index in [9.17, 15) is 4.79 Å². The quantitative estimate of drug-likeness (QED) is 0.817. The minimum absolute atomic E-state index is 0.0572. The topological polar surface area (TPSA) is 29.1 Å². The zero-order valence-electron chi connectivity index (χ0n) is 11.2. The van der Waals surface area contributed by atoms with Gasteiger partial charge < -0.3 is 5.32 Å². The first-order valence-electron chi connectivity index (χ1n) is 6.39. The largest absolute Gasteiger partial charge is 0.351 e. The molecule has 1 amide bonds. The molecule has 0 radical (unpaired) electrons. The molecule has 2 aromatic carbocycles. The van der Waals surface area contributed by atoms with Gasteiger partial charge in [-0.25, -0.2) is 0 Å². The molecule has 2 aromatic rings. The molecule has 2 nitrogen and oxygen atoms in total. The Labute approximate surface area is 132 Å². The number of rotatable bonds is 5. The lowest BCUT2D eigenvalue weighted by atomic mass is 10.2. The summed E-state index contributed by atoms with van der Waals surface area (Å²) in [5, 5.41) is 2.85. The molecule has 0 spiro atoms. The van der Waals surface area contributed by atoms with Crippen molar-refractivity contribution in [1.82, 2.24) is 5.32 Å². The number of carbonyl (C=O) groups excluding carboxylic acids is 1. The molecule has 1 atom stereocenters. The Balaban J connectivity index is 1.84. The van der Waals surface area contributed by atoms with Crippen LogP contribution < -0.4 is 5.32 Å². The van der Waals surface area contributed by atoms with Gasteiger partial charge in [-0.05, 0) is 36.8 Å². The van der Waals surface area contributed by atoms with Gasteiger partial charge in [0, 0.05) is 15.9 Å². The fourth-order valence-electron chi connectivity index (χ4n) is 1.70. The fourth-order valence-corrected chi connectivity index (χ4v) is 2.86.